The quantitative estimate of drug-likeness (QED) is 0.650. The topological polar surface area (TPSA) is 98.6 Å². The van der Waals surface area contributed by atoms with Crippen LogP contribution in [0.25, 0.3) is 0 Å². The first kappa shape index (κ1) is 12.3. The van der Waals surface area contributed by atoms with Crippen LogP contribution in [0.5, 0.6) is 5.75 Å². The second-order valence-electron chi connectivity index (χ2n) is 3.50. The number of aromatic carboxylic acids is 1. The van der Waals surface area contributed by atoms with Crippen molar-refractivity contribution in [2.75, 3.05) is 12.3 Å². The molecule has 5 N–H and O–H groups in total. The van der Waals surface area contributed by atoms with Crippen molar-refractivity contribution in [2.24, 2.45) is 5.73 Å². The number of carboxylic acids is 1. The van der Waals surface area contributed by atoms with Crippen LogP contribution in [-0.2, 0) is 0 Å². The summed E-state index contributed by atoms with van der Waals surface area (Å²) in [5, 5.41) is 8.98. The molecule has 0 aliphatic rings. The molecular weight excluding hydrogens is 208 g/mol. The van der Waals surface area contributed by atoms with Crippen molar-refractivity contribution in [1.29, 1.82) is 0 Å². The van der Waals surface area contributed by atoms with Crippen molar-refractivity contribution in [3.05, 3.63) is 23.8 Å². The van der Waals surface area contributed by atoms with Crippen LogP contribution in [-0.4, -0.2) is 23.7 Å². The van der Waals surface area contributed by atoms with Gasteiger partial charge in [0.2, 0.25) is 0 Å². The molecule has 0 amide bonds. The predicted molar refractivity (Wildman–Crippen MR) is 61.6 cm³/mol. The van der Waals surface area contributed by atoms with Crippen molar-refractivity contribution in [3.8, 4) is 5.75 Å². The van der Waals surface area contributed by atoms with E-state index in [1.165, 1.54) is 6.07 Å². The lowest BCUT2D eigenvalue weighted by molar-refractivity contribution is 0.0693. The molecule has 0 saturated carbocycles. The van der Waals surface area contributed by atoms with Gasteiger partial charge in [0.1, 0.15) is 17.9 Å². The second kappa shape index (κ2) is 5.37. The highest BCUT2D eigenvalue weighted by atomic mass is 16.5. The van der Waals surface area contributed by atoms with Crippen LogP contribution in [0.4, 0.5) is 5.69 Å². The van der Waals surface area contributed by atoms with E-state index in [0.29, 0.717) is 0 Å². The van der Waals surface area contributed by atoms with Gasteiger partial charge in [0.25, 0.3) is 0 Å². The smallest absolute Gasteiger partial charge is 0.341 e. The van der Waals surface area contributed by atoms with Crippen LogP contribution >= 0.6 is 0 Å². The maximum absolute atomic E-state index is 11.0. The van der Waals surface area contributed by atoms with Crippen molar-refractivity contribution < 1.29 is 14.6 Å². The minimum atomic E-state index is -1.10. The number of ether oxygens (including phenoxy) is 1. The van der Waals surface area contributed by atoms with Gasteiger partial charge in [-0.2, -0.15) is 0 Å². The third kappa shape index (κ3) is 2.87. The van der Waals surface area contributed by atoms with Gasteiger partial charge in [-0.1, -0.05) is 13.0 Å². The van der Waals surface area contributed by atoms with Gasteiger partial charge in [-0.3, -0.25) is 0 Å². The average molecular weight is 224 g/mol. The number of rotatable bonds is 5. The predicted octanol–water partition coefficient (Wildman–Crippen LogP) is 1.08. The molecule has 16 heavy (non-hydrogen) atoms. The standard InChI is InChI=1S/C11H16N2O3/c1-2-7(12)6-16-9-5-3-4-8(13)10(9)11(14)15/h3-5,7H,2,6,12-13H2,1H3,(H,14,15)/t7-/m1/s1. The molecule has 1 rings (SSSR count). The first-order valence-corrected chi connectivity index (χ1v) is 5.06. The minimum Gasteiger partial charge on any atom is -0.491 e. The Morgan fingerprint density at radius 1 is 1.56 bits per heavy atom. The molecule has 1 aromatic rings. The third-order valence-corrected chi connectivity index (χ3v) is 2.25. The van der Waals surface area contributed by atoms with Gasteiger partial charge in [0, 0.05) is 11.7 Å². The fourth-order valence-electron chi connectivity index (χ4n) is 1.21. The summed E-state index contributed by atoms with van der Waals surface area (Å²) in [5.74, 6) is -0.838. The Bertz CT molecular complexity index is 379. The molecule has 88 valence electrons. The van der Waals surface area contributed by atoms with Crippen molar-refractivity contribution in [2.45, 2.75) is 19.4 Å². The Morgan fingerprint density at radius 3 is 2.81 bits per heavy atom. The van der Waals surface area contributed by atoms with Gasteiger partial charge in [-0.25, -0.2) is 4.79 Å². The fourth-order valence-corrected chi connectivity index (χ4v) is 1.21. The minimum absolute atomic E-state index is 0.00852. The maximum atomic E-state index is 11.0. The Kier molecular flexibility index (Phi) is 4.13. The number of carbonyl (C=O) groups is 1. The number of anilines is 1. The fraction of sp³-hybridized carbons (Fsp3) is 0.364. The van der Waals surface area contributed by atoms with Crippen LogP contribution in [0, 0.1) is 0 Å². The lowest BCUT2D eigenvalue weighted by Gasteiger charge is -2.13. The molecule has 0 aromatic heterocycles. The molecular formula is C11H16N2O3. The zero-order valence-electron chi connectivity index (χ0n) is 9.14. The summed E-state index contributed by atoms with van der Waals surface area (Å²) in [4.78, 5) is 11.0. The van der Waals surface area contributed by atoms with Crippen molar-refractivity contribution >= 4 is 11.7 Å². The summed E-state index contributed by atoms with van der Waals surface area (Å²) >= 11 is 0. The van der Waals surface area contributed by atoms with Gasteiger partial charge < -0.3 is 21.3 Å². The lowest BCUT2D eigenvalue weighted by Crippen LogP contribution is -2.27. The number of benzene rings is 1. The van der Waals surface area contributed by atoms with E-state index in [9.17, 15) is 4.79 Å². The summed E-state index contributed by atoms with van der Waals surface area (Å²) in [5.41, 5.74) is 11.4. The number of hydrogen-bond donors (Lipinski definition) is 3. The summed E-state index contributed by atoms with van der Waals surface area (Å²) in [6.45, 7) is 2.21. The zero-order chi connectivity index (χ0) is 12.1. The molecule has 0 radical (unpaired) electrons. The van der Waals surface area contributed by atoms with E-state index in [-0.39, 0.29) is 29.6 Å². The van der Waals surface area contributed by atoms with Crippen LogP contribution in [0.15, 0.2) is 18.2 Å². The lowest BCUT2D eigenvalue weighted by atomic mass is 10.1. The molecule has 0 fully saturated rings. The first-order valence-electron chi connectivity index (χ1n) is 5.06. The van der Waals surface area contributed by atoms with E-state index in [1.807, 2.05) is 6.92 Å². The number of nitrogen functional groups attached to an aromatic ring is 1. The average Bonchev–Trinajstić information content (AvgIpc) is 2.25. The highest BCUT2D eigenvalue weighted by Gasteiger charge is 2.15. The number of hydrogen-bond acceptors (Lipinski definition) is 4. The van der Waals surface area contributed by atoms with E-state index in [0.717, 1.165) is 6.42 Å². The molecule has 1 aromatic carbocycles. The highest BCUT2D eigenvalue weighted by molar-refractivity contribution is 5.96. The van der Waals surface area contributed by atoms with Gasteiger partial charge in [-0.05, 0) is 18.6 Å². The normalized spacial score (nSPS) is 12.1. The molecule has 1 atom stereocenters. The van der Waals surface area contributed by atoms with Gasteiger partial charge in [0.05, 0.1) is 0 Å². The Hall–Kier alpha value is -1.75. The molecule has 0 bridgehead atoms. The van der Waals surface area contributed by atoms with Gasteiger partial charge in [-0.15, -0.1) is 0 Å². The number of carboxylic acid groups (broad SMARTS) is 1. The van der Waals surface area contributed by atoms with Crippen molar-refractivity contribution in [3.63, 3.8) is 0 Å². The summed E-state index contributed by atoms with van der Waals surface area (Å²) in [6.07, 6.45) is 0.769. The summed E-state index contributed by atoms with van der Waals surface area (Å²) in [6, 6.07) is 4.63. The molecule has 0 aliphatic carbocycles. The van der Waals surface area contributed by atoms with E-state index >= 15 is 0 Å². The van der Waals surface area contributed by atoms with Crippen LogP contribution < -0.4 is 16.2 Å². The molecule has 5 heteroatoms. The monoisotopic (exact) mass is 224 g/mol. The van der Waals surface area contributed by atoms with E-state index in [4.69, 9.17) is 21.3 Å². The Balaban J connectivity index is 2.87. The zero-order valence-corrected chi connectivity index (χ0v) is 9.14. The molecule has 0 spiro atoms. The Labute approximate surface area is 94.0 Å². The van der Waals surface area contributed by atoms with Crippen LogP contribution in [0.1, 0.15) is 23.7 Å². The molecule has 0 unspecified atom stereocenters. The van der Waals surface area contributed by atoms with Crippen LogP contribution in [0.2, 0.25) is 0 Å². The molecule has 0 aliphatic heterocycles. The highest BCUT2D eigenvalue weighted by Crippen LogP contribution is 2.24. The largest absolute Gasteiger partial charge is 0.491 e. The van der Waals surface area contributed by atoms with Gasteiger partial charge in [0.15, 0.2) is 0 Å². The second-order valence-corrected chi connectivity index (χ2v) is 3.50. The molecule has 0 saturated heterocycles. The SMILES string of the molecule is CC[C@@H](N)COc1cccc(N)c1C(=O)O. The number of nitrogens with two attached hydrogens (primary N) is 2. The van der Waals surface area contributed by atoms with E-state index in [1.54, 1.807) is 12.1 Å². The summed E-state index contributed by atoms with van der Waals surface area (Å²) < 4.78 is 5.35. The van der Waals surface area contributed by atoms with Crippen molar-refractivity contribution in [1.82, 2.24) is 0 Å². The molecule has 0 heterocycles. The maximum Gasteiger partial charge on any atom is 0.341 e. The first-order chi connectivity index (χ1) is 7.56. The van der Waals surface area contributed by atoms with Gasteiger partial charge >= 0.3 is 5.97 Å². The summed E-state index contributed by atoms with van der Waals surface area (Å²) in [7, 11) is 0. The van der Waals surface area contributed by atoms with Crippen LogP contribution in [0.3, 0.4) is 0 Å². The Morgan fingerprint density at radius 2 is 2.25 bits per heavy atom. The third-order valence-electron chi connectivity index (χ3n) is 2.25. The molecule has 5 nitrogen and oxygen atoms in total. The van der Waals surface area contributed by atoms with E-state index in [2.05, 4.69) is 0 Å². The van der Waals surface area contributed by atoms with E-state index < -0.39 is 5.97 Å².